The van der Waals surface area contributed by atoms with Crippen molar-refractivity contribution in [2.75, 3.05) is 0 Å². The molecule has 1 saturated heterocycles. The van der Waals surface area contributed by atoms with E-state index in [9.17, 15) is 9.90 Å². The first-order valence-corrected chi connectivity index (χ1v) is 3.86. The van der Waals surface area contributed by atoms with Gasteiger partial charge in [-0.1, -0.05) is 0 Å². The van der Waals surface area contributed by atoms with E-state index in [1.165, 1.54) is 0 Å². The monoisotopic (exact) mass is 175 g/mol. The molecular formula is C7H13NO4. The SMILES string of the molecule is C[C@@H]1OC(O)C[C@H](NC=O)[C@@H]1O. The lowest BCUT2D eigenvalue weighted by Crippen LogP contribution is -2.52. The molecular weight excluding hydrogens is 162 g/mol. The predicted molar refractivity (Wildman–Crippen MR) is 40.2 cm³/mol. The minimum atomic E-state index is -0.902. The molecule has 1 heterocycles. The molecule has 0 aromatic carbocycles. The zero-order chi connectivity index (χ0) is 9.14. The van der Waals surface area contributed by atoms with Gasteiger partial charge < -0.3 is 20.3 Å². The summed E-state index contributed by atoms with van der Waals surface area (Å²) in [5, 5.41) is 21.0. The van der Waals surface area contributed by atoms with Crippen LogP contribution in [-0.2, 0) is 9.53 Å². The molecule has 0 aliphatic carbocycles. The highest BCUT2D eigenvalue weighted by Crippen LogP contribution is 2.17. The first-order chi connectivity index (χ1) is 5.65. The third kappa shape index (κ3) is 1.94. The number of hydrogen-bond donors (Lipinski definition) is 3. The fourth-order valence-corrected chi connectivity index (χ4v) is 1.32. The Kier molecular flexibility index (Phi) is 3.02. The number of aliphatic hydroxyl groups is 2. The average Bonchev–Trinajstić information content (AvgIpc) is 2.00. The Morgan fingerprint density at radius 1 is 1.58 bits per heavy atom. The highest BCUT2D eigenvalue weighted by Gasteiger charge is 2.33. The van der Waals surface area contributed by atoms with E-state index in [1.807, 2.05) is 0 Å². The summed E-state index contributed by atoms with van der Waals surface area (Å²) in [5.74, 6) is 0. The average molecular weight is 175 g/mol. The van der Waals surface area contributed by atoms with Crippen molar-refractivity contribution in [2.24, 2.45) is 0 Å². The minimum Gasteiger partial charge on any atom is -0.388 e. The summed E-state index contributed by atoms with van der Waals surface area (Å²) >= 11 is 0. The second-order valence-corrected chi connectivity index (χ2v) is 2.91. The molecule has 0 saturated carbocycles. The highest BCUT2D eigenvalue weighted by molar-refractivity contribution is 5.46. The molecule has 1 unspecified atom stereocenters. The molecule has 1 rings (SSSR count). The van der Waals surface area contributed by atoms with Gasteiger partial charge in [0.1, 0.15) is 6.10 Å². The van der Waals surface area contributed by atoms with Gasteiger partial charge in [-0.2, -0.15) is 0 Å². The molecule has 1 aliphatic rings. The number of aliphatic hydroxyl groups excluding tert-OH is 2. The summed E-state index contributed by atoms with van der Waals surface area (Å²) in [5.41, 5.74) is 0. The van der Waals surface area contributed by atoms with E-state index in [4.69, 9.17) is 9.84 Å². The fraction of sp³-hybridized carbons (Fsp3) is 0.857. The lowest BCUT2D eigenvalue weighted by molar-refractivity contribution is -0.202. The number of nitrogens with one attached hydrogen (secondary N) is 1. The molecule has 0 aromatic heterocycles. The van der Waals surface area contributed by atoms with Crippen LogP contribution < -0.4 is 5.32 Å². The molecule has 70 valence electrons. The van der Waals surface area contributed by atoms with Gasteiger partial charge in [0.25, 0.3) is 0 Å². The number of rotatable bonds is 2. The quantitative estimate of drug-likeness (QED) is 0.450. The first kappa shape index (κ1) is 9.44. The van der Waals surface area contributed by atoms with Gasteiger partial charge in [0, 0.05) is 6.42 Å². The maximum absolute atomic E-state index is 10.1. The number of ether oxygens (including phenoxy) is 1. The van der Waals surface area contributed by atoms with E-state index < -0.39 is 24.5 Å². The smallest absolute Gasteiger partial charge is 0.207 e. The Hall–Kier alpha value is -0.650. The van der Waals surface area contributed by atoms with E-state index >= 15 is 0 Å². The molecule has 1 fully saturated rings. The fourth-order valence-electron chi connectivity index (χ4n) is 1.32. The van der Waals surface area contributed by atoms with E-state index in [-0.39, 0.29) is 6.42 Å². The van der Waals surface area contributed by atoms with Gasteiger partial charge in [-0.25, -0.2) is 0 Å². The van der Waals surface area contributed by atoms with Crippen molar-refractivity contribution in [3.05, 3.63) is 0 Å². The van der Waals surface area contributed by atoms with Crippen molar-refractivity contribution in [1.29, 1.82) is 0 Å². The first-order valence-electron chi connectivity index (χ1n) is 3.86. The van der Waals surface area contributed by atoms with Crippen molar-refractivity contribution in [3.63, 3.8) is 0 Å². The summed E-state index contributed by atoms with van der Waals surface area (Å²) in [4.78, 5) is 10.1. The van der Waals surface area contributed by atoms with Crippen LogP contribution in [0.1, 0.15) is 13.3 Å². The normalized spacial score (nSPS) is 42.2. The number of hydrogen-bond acceptors (Lipinski definition) is 4. The molecule has 5 nitrogen and oxygen atoms in total. The Labute approximate surface area is 70.3 Å². The number of carbonyl (C=O) groups is 1. The Balaban J connectivity index is 2.53. The maximum atomic E-state index is 10.1. The summed E-state index contributed by atoms with van der Waals surface area (Å²) in [6.07, 6.45) is -1.37. The molecule has 0 aromatic rings. The van der Waals surface area contributed by atoms with Crippen LogP contribution in [0.5, 0.6) is 0 Å². The van der Waals surface area contributed by atoms with Crippen LogP contribution in [0.3, 0.4) is 0 Å². The zero-order valence-corrected chi connectivity index (χ0v) is 6.80. The Morgan fingerprint density at radius 3 is 2.83 bits per heavy atom. The third-order valence-corrected chi connectivity index (χ3v) is 2.00. The molecule has 1 amide bonds. The van der Waals surface area contributed by atoms with Crippen LogP contribution in [0.4, 0.5) is 0 Å². The lowest BCUT2D eigenvalue weighted by Gasteiger charge is -2.35. The predicted octanol–water partition coefficient (Wildman–Crippen LogP) is -1.41. The Bertz CT molecular complexity index is 163. The Morgan fingerprint density at radius 2 is 2.25 bits per heavy atom. The highest BCUT2D eigenvalue weighted by atomic mass is 16.6. The number of amides is 1. The van der Waals surface area contributed by atoms with Gasteiger partial charge in [-0.05, 0) is 6.92 Å². The van der Waals surface area contributed by atoms with Gasteiger partial charge in [0.2, 0.25) is 6.41 Å². The van der Waals surface area contributed by atoms with E-state index in [1.54, 1.807) is 6.92 Å². The van der Waals surface area contributed by atoms with Gasteiger partial charge in [-0.15, -0.1) is 0 Å². The van der Waals surface area contributed by atoms with Crippen molar-refractivity contribution in [3.8, 4) is 0 Å². The zero-order valence-electron chi connectivity index (χ0n) is 6.80. The van der Waals surface area contributed by atoms with Crippen LogP contribution in [-0.4, -0.2) is 41.2 Å². The van der Waals surface area contributed by atoms with E-state index in [0.29, 0.717) is 6.41 Å². The van der Waals surface area contributed by atoms with Gasteiger partial charge in [-0.3, -0.25) is 4.79 Å². The van der Waals surface area contributed by atoms with Gasteiger partial charge in [0.05, 0.1) is 12.1 Å². The van der Waals surface area contributed by atoms with Crippen molar-refractivity contribution < 1.29 is 19.7 Å². The topological polar surface area (TPSA) is 78.8 Å². The maximum Gasteiger partial charge on any atom is 0.207 e. The van der Waals surface area contributed by atoms with Gasteiger partial charge in [0.15, 0.2) is 6.29 Å². The molecule has 5 heteroatoms. The van der Waals surface area contributed by atoms with Crippen molar-refractivity contribution >= 4 is 6.41 Å². The van der Waals surface area contributed by atoms with Crippen LogP contribution >= 0.6 is 0 Å². The van der Waals surface area contributed by atoms with Crippen molar-refractivity contribution in [1.82, 2.24) is 5.32 Å². The minimum absolute atomic E-state index is 0.226. The molecule has 1 aliphatic heterocycles. The molecule has 4 atom stereocenters. The number of carbonyl (C=O) groups excluding carboxylic acids is 1. The van der Waals surface area contributed by atoms with Crippen LogP contribution in [0.2, 0.25) is 0 Å². The second kappa shape index (κ2) is 3.84. The molecule has 0 spiro atoms. The molecule has 3 N–H and O–H groups in total. The van der Waals surface area contributed by atoms with Gasteiger partial charge >= 0.3 is 0 Å². The summed E-state index contributed by atoms with van der Waals surface area (Å²) in [7, 11) is 0. The van der Waals surface area contributed by atoms with Crippen molar-refractivity contribution in [2.45, 2.75) is 37.9 Å². The standard InChI is InChI=1S/C7H13NO4/c1-4-7(11)5(8-3-9)2-6(10)12-4/h3-7,10-11H,2H2,1H3,(H,8,9)/t4-,5-,6?,7+/m0/s1. The van der Waals surface area contributed by atoms with E-state index in [0.717, 1.165) is 0 Å². The largest absolute Gasteiger partial charge is 0.388 e. The summed E-state index contributed by atoms with van der Waals surface area (Å²) in [6, 6.07) is -0.416. The van der Waals surface area contributed by atoms with Crippen LogP contribution in [0.25, 0.3) is 0 Å². The van der Waals surface area contributed by atoms with Crippen LogP contribution in [0.15, 0.2) is 0 Å². The van der Waals surface area contributed by atoms with Crippen LogP contribution in [0, 0.1) is 0 Å². The third-order valence-electron chi connectivity index (χ3n) is 2.00. The summed E-state index contributed by atoms with van der Waals surface area (Å²) in [6.45, 7) is 1.65. The molecule has 12 heavy (non-hydrogen) atoms. The van der Waals surface area contributed by atoms with E-state index in [2.05, 4.69) is 5.32 Å². The summed E-state index contributed by atoms with van der Waals surface area (Å²) < 4.78 is 4.92. The molecule has 0 bridgehead atoms. The lowest BCUT2D eigenvalue weighted by atomic mass is 10.00. The molecule has 0 radical (unpaired) electrons. The second-order valence-electron chi connectivity index (χ2n) is 2.91.